The largest absolute Gasteiger partial charge is 0.493 e. The lowest BCUT2D eigenvalue weighted by Crippen LogP contribution is -2.16. The number of rotatable bonds is 9. The monoisotopic (exact) mass is 439 g/mol. The zero-order valence-corrected chi connectivity index (χ0v) is 18.8. The highest BCUT2D eigenvalue weighted by Crippen LogP contribution is 2.36. The fourth-order valence-corrected chi connectivity index (χ4v) is 4.07. The summed E-state index contributed by atoms with van der Waals surface area (Å²) in [5, 5.41) is 5.62. The minimum Gasteiger partial charge on any atom is -0.493 e. The second-order valence-corrected chi connectivity index (χ2v) is 7.67. The summed E-state index contributed by atoms with van der Waals surface area (Å²) in [6, 6.07) is 12.9. The number of Topliss-reactive ketones (excluding diaryl/α,β-unsaturated/α-hetero) is 1. The number of methoxy groups -OCH3 is 2. The van der Waals surface area contributed by atoms with E-state index in [0.29, 0.717) is 27.6 Å². The first-order valence-corrected chi connectivity index (χ1v) is 10.7. The van der Waals surface area contributed by atoms with Crippen molar-refractivity contribution < 1.29 is 23.8 Å². The van der Waals surface area contributed by atoms with E-state index in [2.05, 4.69) is 5.32 Å². The number of anilines is 1. The summed E-state index contributed by atoms with van der Waals surface area (Å²) in [7, 11) is 3.06. The van der Waals surface area contributed by atoms with E-state index in [1.807, 2.05) is 36.6 Å². The van der Waals surface area contributed by atoms with Crippen LogP contribution in [-0.2, 0) is 4.74 Å². The number of aryl methyl sites for hydroxylation is 1. The van der Waals surface area contributed by atoms with Gasteiger partial charge in [0.25, 0.3) is 0 Å². The van der Waals surface area contributed by atoms with Crippen LogP contribution in [0.25, 0.3) is 11.1 Å². The number of benzene rings is 2. The molecule has 0 amide bonds. The number of hydrogen-bond donors (Lipinski definition) is 1. The van der Waals surface area contributed by atoms with Crippen molar-refractivity contribution in [1.29, 1.82) is 0 Å². The minimum absolute atomic E-state index is 0.0236. The molecule has 6 nitrogen and oxygen atoms in total. The predicted molar refractivity (Wildman–Crippen MR) is 123 cm³/mol. The number of thiophene rings is 1. The van der Waals surface area contributed by atoms with Gasteiger partial charge in [0.15, 0.2) is 17.3 Å². The van der Waals surface area contributed by atoms with Gasteiger partial charge in [-0.25, -0.2) is 4.79 Å². The van der Waals surface area contributed by atoms with Crippen molar-refractivity contribution >= 4 is 28.1 Å². The van der Waals surface area contributed by atoms with E-state index in [9.17, 15) is 9.59 Å². The molecule has 0 saturated heterocycles. The number of nitrogens with one attached hydrogen (secondary N) is 1. The van der Waals surface area contributed by atoms with Crippen molar-refractivity contribution in [1.82, 2.24) is 0 Å². The standard InChI is InChI=1S/C24H25NO5S/c1-5-30-24(27)22-18(16-8-6-15(2)7-9-16)14-31-23(22)25-13-19(26)17-10-11-20(28-3)21(12-17)29-4/h6-12,14,25H,5,13H2,1-4H3. The molecule has 0 bridgehead atoms. The molecular weight excluding hydrogens is 414 g/mol. The van der Waals surface area contributed by atoms with Crippen LogP contribution in [0.3, 0.4) is 0 Å². The third-order valence-electron chi connectivity index (χ3n) is 4.75. The average Bonchev–Trinajstić information content (AvgIpc) is 3.21. The van der Waals surface area contributed by atoms with E-state index in [1.165, 1.54) is 18.4 Å². The molecule has 2 aromatic carbocycles. The number of ketones is 1. The van der Waals surface area contributed by atoms with Crippen LogP contribution >= 0.6 is 11.3 Å². The summed E-state index contributed by atoms with van der Waals surface area (Å²) in [6.45, 7) is 4.07. The third kappa shape index (κ3) is 5.06. The van der Waals surface area contributed by atoms with Crippen LogP contribution in [0.5, 0.6) is 11.5 Å². The van der Waals surface area contributed by atoms with Crippen LogP contribution in [0.2, 0.25) is 0 Å². The molecule has 0 aliphatic heterocycles. The Hall–Kier alpha value is -3.32. The van der Waals surface area contributed by atoms with Crippen molar-refractivity contribution in [2.45, 2.75) is 13.8 Å². The summed E-state index contributed by atoms with van der Waals surface area (Å²) in [5.74, 6) is 0.484. The van der Waals surface area contributed by atoms with Crippen molar-refractivity contribution in [3.8, 4) is 22.6 Å². The molecule has 0 aliphatic rings. The smallest absolute Gasteiger partial charge is 0.341 e. The van der Waals surface area contributed by atoms with Crippen molar-refractivity contribution in [2.75, 3.05) is 32.7 Å². The maximum atomic E-state index is 12.7. The van der Waals surface area contributed by atoms with Gasteiger partial charge in [0, 0.05) is 16.5 Å². The van der Waals surface area contributed by atoms with Crippen molar-refractivity contribution in [3.05, 3.63) is 64.5 Å². The Morgan fingerprint density at radius 3 is 2.35 bits per heavy atom. The zero-order chi connectivity index (χ0) is 22.4. The highest BCUT2D eigenvalue weighted by molar-refractivity contribution is 7.15. The van der Waals surface area contributed by atoms with E-state index in [1.54, 1.807) is 32.2 Å². The first-order chi connectivity index (χ1) is 15.0. The molecule has 0 aliphatic carbocycles. The summed E-state index contributed by atoms with van der Waals surface area (Å²) in [4.78, 5) is 25.4. The Balaban J connectivity index is 1.85. The van der Waals surface area contributed by atoms with Crippen LogP contribution in [-0.4, -0.2) is 39.1 Å². The number of carbonyl (C=O) groups is 2. The molecule has 162 valence electrons. The Morgan fingerprint density at radius 1 is 1.00 bits per heavy atom. The van der Waals surface area contributed by atoms with Gasteiger partial charge in [-0.3, -0.25) is 4.79 Å². The fourth-order valence-electron chi connectivity index (χ4n) is 3.11. The molecule has 1 aromatic heterocycles. The molecule has 0 unspecified atom stereocenters. The molecule has 1 N–H and O–H groups in total. The number of hydrogen-bond acceptors (Lipinski definition) is 7. The summed E-state index contributed by atoms with van der Waals surface area (Å²) < 4.78 is 15.8. The van der Waals surface area contributed by atoms with Gasteiger partial charge in [-0.1, -0.05) is 29.8 Å². The molecule has 0 fully saturated rings. The molecule has 0 saturated carbocycles. The topological polar surface area (TPSA) is 73.9 Å². The number of ether oxygens (including phenoxy) is 3. The molecule has 1 heterocycles. The van der Waals surface area contributed by atoms with Gasteiger partial charge in [0.1, 0.15) is 10.6 Å². The summed E-state index contributed by atoms with van der Waals surface area (Å²) in [6.07, 6.45) is 0. The molecule has 0 spiro atoms. The van der Waals surface area contributed by atoms with E-state index < -0.39 is 5.97 Å². The molecule has 3 aromatic rings. The van der Waals surface area contributed by atoms with Crippen molar-refractivity contribution in [3.63, 3.8) is 0 Å². The third-order valence-corrected chi connectivity index (χ3v) is 5.69. The SMILES string of the molecule is CCOC(=O)c1c(-c2ccc(C)cc2)csc1NCC(=O)c1ccc(OC)c(OC)c1. The predicted octanol–water partition coefficient (Wildman–Crippen LogP) is 5.21. The Labute approximate surface area is 185 Å². The van der Waals surface area contributed by atoms with Gasteiger partial charge < -0.3 is 19.5 Å². The first-order valence-electron chi connectivity index (χ1n) is 9.83. The van der Waals surface area contributed by atoms with E-state index in [0.717, 1.165) is 16.7 Å². The maximum absolute atomic E-state index is 12.7. The average molecular weight is 440 g/mol. The second-order valence-electron chi connectivity index (χ2n) is 6.79. The van der Waals surface area contributed by atoms with Gasteiger partial charge in [0.05, 0.1) is 27.4 Å². The zero-order valence-electron chi connectivity index (χ0n) is 18.0. The van der Waals surface area contributed by atoms with Gasteiger partial charge in [-0.2, -0.15) is 0 Å². The van der Waals surface area contributed by atoms with Crippen LogP contribution in [0.1, 0.15) is 33.2 Å². The number of carbonyl (C=O) groups excluding carboxylic acids is 2. The lowest BCUT2D eigenvalue weighted by molar-refractivity contribution is 0.0528. The lowest BCUT2D eigenvalue weighted by Gasteiger charge is -2.11. The Kier molecular flexibility index (Phi) is 7.31. The highest BCUT2D eigenvalue weighted by atomic mass is 32.1. The van der Waals surface area contributed by atoms with E-state index in [-0.39, 0.29) is 18.9 Å². The minimum atomic E-state index is -0.416. The van der Waals surface area contributed by atoms with E-state index >= 15 is 0 Å². The molecule has 0 radical (unpaired) electrons. The van der Waals surface area contributed by atoms with Gasteiger partial charge >= 0.3 is 5.97 Å². The molecule has 7 heteroatoms. The first kappa shape index (κ1) is 22.4. The number of esters is 1. The molecular formula is C24H25NO5S. The van der Waals surface area contributed by atoms with Crippen molar-refractivity contribution in [2.24, 2.45) is 0 Å². The molecule has 0 atom stereocenters. The summed E-state index contributed by atoms with van der Waals surface area (Å²) >= 11 is 1.37. The lowest BCUT2D eigenvalue weighted by atomic mass is 10.0. The fraction of sp³-hybridized carbons (Fsp3) is 0.250. The van der Waals surface area contributed by atoms with Gasteiger partial charge in [-0.05, 0) is 37.6 Å². The Morgan fingerprint density at radius 2 is 1.71 bits per heavy atom. The van der Waals surface area contributed by atoms with E-state index in [4.69, 9.17) is 14.2 Å². The molecule has 31 heavy (non-hydrogen) atoms. The van der Waals surface area contributed by atoms with Crippen LogP contribution in [0.4, 0.5) is 5.00 Å². The van der Waals surface area contributed by atoms with Crippen LogP contribution < -0.4 is 14.8 Å². The van der Waals surface area contributed by atoms with Gasteiger partial charge in [-0.15, -0.1) is 11.3 Å². The Bertz CT molecular complexity index is 1070. The second kappa shape index (κ2) is 10.1. The normalized spacial score (nSPS) is 10.5. The van der Waals surface area contributed by atoms with Crippen LogP contribution in [0.15, 0.2) is 47.8 Å². The highest BCUT2D eigenvalue weighted by Gasteiger charge is 2.22. The maximum Gasteiger partial charge on any atom is 0.341 e. The summed E-state index contributed by atoms with van der Waals surface area (Å²) in [5.41, 5.74) is 3.76. The molecule has 3 rings (SSSR count). The van der Waals surface area contributed by atoms with Gasteiger partial charge in [0.2, 0.25) is 0 Å². The quantitative estimate of drug-likeness (QED) is 0.364. The van der Waals surface area contributed by atoms with Crippen LogP contribution in [0, 0.1) is 6.92 Å².